The third-order valence-corrected chi connectivity index (χ3v) is 6.17. The average molecular weight is 429 g/mol. The van der Waals surface area contributed by atoms with Gasteiger partial charge in [-0.3, -0.25) is 9.79 Å². The van der Waals surface area contributed by atoms with E-state index < -0.39 is 5.54 Å². The summed E-state index contributed by atoms with van der Waals surface area (Å²) >= 11 is 0. The van der Waals surface area contributed by atoms with Crippen LogP contribution in [-0.2, 0) is 16.7 Å². The van der Waals surface area contributed by atoms with Crippen LogP contribution in [0.4, 0.5) is 0 Å². The van der Waals surface area contributed by atoms with Crippen LogP contribution in [0.2, 0.25) is 0 Å². The van der Waals surface area contributed by atoms with Gasteiger partial charge in [0.15, 0.2) is 0 Å². The van der Waals surface area contributed by atoms with Crippen LogP contribution in [0.15, 0.2) is 75.6 Å². The van der Waals surface area contributed by atoms with Crippen molar-refractivity contribution in [2.75, 3.05) is 6.61 Å². The number of carbonyl (C=O) groups is 1. The molecule has 0 aliphatic heterocycles. The minimum Gasteiger partial charge on any atom is -0.462 e. The lowest BCUT2D eigenvalue weighted by Gasteiger charge is -2.45. The average Bonchev–Trinajstić information content (AvgIpc) is 2.76. The topological polar surface area (TPSA) is 71.5 Å². The van der Waals surface area contributed by atoms with Gasteiger partial charge in [-0.05, 0) is 62.6 Å². The van der Waals surface area contributed by atoms with Gasteiger partial charge >= 0.3 is 5.97 Å². The fraction of sp³-hybridized carbons (Fsp3) is 0.296. The van der Waals surface area contributed by atoms with Gasteiger partial charge in [-0.1, -0.05) is 35.9 Å². The molecule has 0 radical (unpaired) electrons. The molecule has 1 aromatic carbocycles. The Kier molecular flexibility index (Phi) is 6.08. The van der Waals surface area contributed by atoms with Gasteiger partial charge < -0.3 is 9.72 Å². The number of hydrogen-bond donors (Lipinski definition) is 1. The van der Waals surface area contributed by atoms with Crippen molar-refractivity contribution in [3.63, 3.8) is 0 Å². The number of H-pyrrole nitrogens is 1. The smallest absolute Gasteiger partial charge is 0.338 e. The Bertz CT molecular complexity index is 1200. The highest BCUT2D eigenvalue weighted by Gasteiger charge is 2.46. The first kappa shape index (κ1) is 21.8. The number of hydrogen-bond acceptors (Lipinski definition) is 4. The lowest BCUT2D eigenvalue weighted by atomic mass is 9.63. The summed E-state index contributed by atoms with van der Waals surface area (Å²) < 4.78 is 5.03. The molecule has 0 unspecified atom stereocenters. The molecule has 0 amide bonds. The van der Waals surface area contributed by atoms with Gasteiger partial charge in [-0.15, -0.1) is 0 Å². The summed E-state index contributed by atoms with van der Waals surface area (Å²) in [6.07, 6.45) is 11.8. The molecule has 0 spiro atoms. The van der Waals surface area contributed by atoms with E-state index >= 15 is 0 Å². The molecule has 5 heteroatoms. The van der Waals surface area contributed by atoms with Gasteiger partial charge in [0.2, 0.25) is 5.56 Å². The number of ether oxygens (including phenoxy) is 1. The maximum atomic E-state index is 11.9. The summed E-state index contributed by atoms with van der Waals surface area (Å²) in [5.41, 5.74) is 5.60. The zero-order valence-electron chi connectivity index (χ0n) is 18.7. The maximum absolute atomic E-state index is 11.9. The van der Waals surface area contributed by atoms with Gasteiger partial charge in [0.1, 0.15) is 5.54 Å². The van der Waals surface area contributed by atoms with Crippen LogP contribution < -0.4 is 5.56 Å². The van der Waals surface area contributed by atoms with Crippen molar-refractivity contribution in [1.82, 2.24) is 4.98 Å². The Morgan fingerprint density at radius 2 is 2.03 bits per heavy atom. The summed E-state index contributed by atoms with van der Waals surface area (Å²) in [7, 11) is 0. The molecule has 4 rings (SSSR count). The molecule has 2 aromatic rings. The number of carbonyl (C=O) groups excluding carboxylic acids is 1. The monoisotopic (exact) mass is 428 g/mol. The van der Waals surface area contributed by atoms with E-state index in [1.165, 1.54) is 11.1 Å². The molecule has 2 atom stereocenters. The number of fused-ring (bicyclic) bond motifs is 4. The molecule has 164 valence electrons. The van der Waals surface area contributed by atoms with E-state index in [9.17, 15) is 9.59 Å². The Morgan fingerprint density at radius 1 is 1.25 bits per heavy atom. The highest BCUT2D eigenvalue weighted by atomic mass is 16.5. The number of rotatable bonds is 5. The summed E-state index contributed by atoms with van der Waals surface area (Å²) in [5, 5.41) is 0. The van der Waals surface area contributed by atoms with Crippen molar-refractivity contribution in [2.45, 2.75) is 39.2 Å². The Labute approximate surface area is 188 Å². The van der Waals surface area contributed by atoms with E-state index in [-0.39, 0.29) is 17.4 Å². The lowest BCUT2D eigenvalue weighted by molar-refractivity contribution is 0.0526. The fourth-order valence-corrected chi connectivity index (χ4v) is 4.92. The second kappa shape index (κ2) is 8.95. The normalized spacial score (nSPS) is 23.4. The standard InChI is InChI=1S/C27H28N2O3/c1-4-22-21-15-18(3)17-27(22,23-12-13-25(30)29-24(23)16-21)28-14-6-7-19-8-10-20(11-9-19)26(31)32-5-2/h4,6-15,21H,5,16-17H2,1-3H3,(H,29,30)/b7-6?,22-4+,28-14?/t21-,27+/m0/s1. The number of aromatic amines is 1. The highest BCUT2D eigenvalue weighted by Crippen LogP contribution is 2.51. The summed E-state index contributed by atoms with van der Waals surface area (Å²) in [6, 6.07) is 10.8. The van der Waals surface area contributed by atoms with E-state index in [0.717, 1.165) is 29.7 Å². The zero-order chi connectivity index (χ0) is 22.7. The molecule has 2 aliphatic carbocycles. The molecule has 1 aromatic heterocycles. The van der Waals surface area contributed by atoms with Gasteiger partial charge in [0.05, 0.1) is 12.2 Å². The fourth-order valence-electron chi connectivity index (χ4n) is 4.92. The molecule has 0 saturated heterocycles. The van der Waals surface area contributed by atoms with Crippen molar-refractivity contribution < 1.29 is 9.53 Å². The second-order valence-electron chi connectivity index (χ2n) is 8.30. The largest absolute Gasteiger partial charge is 0.462 e. The number of allylic oxidation sites excluding steroid dienone is 3. The molecule has 5 nitrogen and oxygen atoms in total. The number of benzene rings is 1. The van der Waals surface area contributed by atoms with E-state index in [2.05, 4.69) is 31.0 Å². The Morgan fingerprint density at radius 3 is 2.75 bits per heavy atom. The van der Waals surface area contributed by atoms with Gasteiger partial charge in [-0.25, -0.2) is 4.79 Å². The van der Waals surface area contributed by atoms with E-state index in [1.54, 1.807) is 25.1 Å². The quantitative estimate of drug-likeness (QED) is 0.414. The van der Waals surface area contributed by atoms with Crippen LogP contribution in [0.25, 0.3) is 6.08 Å². The van der Waals surface area contributed by atoms with Crippen molar-refractivity contribution in [3.8, 4) is 0 Å². The predicted molar refractivity (Wildman–Crippen MR) is 128 cm³/mol. The molecule has 0 saturated carbocycles. The third-order valence-electron chi connectivity index (χ3n) is 6.17. The van der Waals surface area contributed by atoms with Crippen molar-refractivity contribution >= 4 is 18.3 Å². The van der Waals surface area contributed by atoms with Gasteiger partial charge in [0.25, 0.3) is 0 Å². The number of aliphatic imine (C=N–C) groups is 1. The molecule has 2 bridgehead atoms. The molecule has 2 aliphatic rings. The predicted octanol–water partition coefficient (Wildman–Crippen LogP) is 5.00. The van der Waals surface area contributed by atoms with Crippen LogP contribution in [0.1, 0.15) is 54.4 Å². The molecular formula is C27H28N2O3. The van der Waals surface area contributed by atoms with Crippen LogP contribution in [0, 0.1) is 5.92 Å². The number of nitrogens with one attached hydrogen (secondary N) is 1. The third kappa shape index (κ3) is 4.03. The van der Waals surface area contributed by atoms with Crippen molar-refractivity contribution in [2.24, 2.45) is 10.9 Å². The molecule has 0 fully saturated rings. The Hall–Kier alpha value is -3.47. The minimum atomic E-state index is -0.492. The minimum absolute atomic E-state index is 0.0725. The first-order valence-electron chi connectivity index (χ1n) is 11.0. The molecule has 32 heavy (non-hydrogen) atoms. The number of pyridine rings is 1. The SMILES string of the molecule is C/C=C1\[C@H]2C=C(C)C[C@]1(N=CC=Cc1ccc(C(=O)OCC)cc1)c1ccc(=O)[nH]c1C2. The van der Waals surface area contributed by atoms with E-state index in [1.807, 2.05) is 36.6 Å². The zero-order valence-corrected chi connectivity index (χ0v) is 18.7. The van der Waals surface area contributed by atoms with Gasteiger partial charge in [-0.2, -0.15) is 0 Å². The van der Waals surface area contributed by atoms with Crippen LogP contribution in [0.5, 0.6) is 0 Å². The van der Waals surface area contributed by atoms with Crippen molar-refractivity contribution in [3.05, 3.63) is 98.5 Å². The maximum Gasteiger partial charge on any atom is 0.338 e. The Balaban J connectivity index is 1.64. The summed E-state index contributed by atoms with van der Waals surface area (Å²) in [4.78, 5) is 31.9. The van der Waals surface area contributed by atoms with Crippen molar-refractivity contribution in [1.29, 1.82) is 0 Å². The molecule has 1 heterocycles. The van der Waals surface area contributed by atoms with Gasteiger partial charge in [0, 0.05) is 35.9 Å². The summed E-state index contributed by atoms with van der Waals surface area (Å²) in [6.45, 7) is 6.38. The highest BCUT2D eigenvalue weighted by molar-refractivity contribution is 5.89. The van der Waals surface area contributed by atoms with Crippen LogP contribution in [-0.4, -0.2) is 23.8 Å². The first-order chi connectivity index (χ1) is 15.5. The van der Waals surface area contributed by atoms with E-state index in [0.29, 0.717) is 12.2 Å². The van der Waals surface area contributed by atoms with Crippen LogP contribution in [0.3, 0.4) is 0 Å². The number of nitrogens with zero attached hydrogens (tertiary/aromatic N) is 1. The summed E-state index contributed by atoms with van der Waals surface area (Å²) in [5.74, 6) is -0.0669. The second-order valence-corrected chi connectivity index (χ2v) is 8.30. The molecular weight excluding hydrogens is 400 g/mol. The first-order valence-corrected chi connectivity index (χ1v) is 11.0. The number of esters is 1. The lowest BCUT2D eigenvalue weighted by Crippen LogP contribution is -2.40. The van der Waals surface area contributed by atoms with Crippen LogP contribution >= 0.6 is 0 Å². The van der Waals surface area contributed by atoms with E-state index in [4.69, 9.17) is 9.73 Å². The molecule has 1 N–H and O–H groups in total. The number of aromatic nitrogens is 1.